The van der Waals surface area contributed by atoms with Gasteiger partial charge in [-0.2, -0.15) is 0 Å². The van der Waals surface area contributed by atoms with E-state index in [4.69, 9.17) is 4.74 Å². The van der Waals surface area contributed by atoms with E-state index in [-0.39, 0.29) is 18.2 Å². The van der Waals surface area contributed by atoms with Gasteiger partial charge in [0.25, 0.3) is 0 Å². The molecule has 0 spiro atoms. The molecule has 0 radical (unpaired) electrons. The Morgan fingerprint density at radius 2 is 1.83 bits per heavy atom. The van der Waals surface area contributed by atoms with E-state index in [2.05, 4.69) is 16.8 Å². The zero-order valence-corrected chi connectivity index (χ0v) is 19.0. The molecule has 7 heteroatoms. The number of thiazole rings is 1. The van der Waals surface area contributed by atoms with Gasteiger partial charge in [-0.15, -0.1) is 11.3 Å². The van der Waals surface area contributed by atoms with Gasteiger partial charge in [0.1, 0.15) is 6.10 Å². The predicted molar refractivity (Wildman–Crippen MR) is 121 cm³/mol. The maximum Gasteiger partial charge on any atom is 0.410 e. The first kappa shape index (κ1) is 22.6. The number of benzene rings is 1. The minimum absolute atomic E-state index is 0.179. The minimum atomic E-state index is -0.808. The van der Waals surface area contributed by atoms with Crippen LogP contribution in [0.1, 0.15) is 44.4 Å². The smallest absolute Gasteiger partial charge is 0.410 e. The number of hydrogen-bond acceptors (Lipinski definition) is 6. The second-order valence-corrected chi connectivity index (χ2v) is 9.87. The third-order valence-electron chi connectivity index (χ3n) is 5.30. The molecule has 0 aliphatic carbocycles. The molecule has 2 atom stereocenters. The first-order valence-electron chi connectivity index (χ1n) is 10.7. The molecule has 2 unspecified atom stereocenters. The van der Waals surface area contributed by atoms with E-state index in [0.717, 1.165) is 37.5 Å². The Bertz CT molecular complexity index is 764. The molecule has 2 fully saturated rings. The normalized spacial score (nSPS) is 22.2. The van der Waals surface area contributed by atoms with Crippen LogP contribution in [-0.2, 0) is 4.74 Å². The number of anilines is 1. The number of piperidine rings is 1. The van der Waals surface area contributed by atoms with Crippen molar-refractivity contribution in [2.24, 2.45) is 0 Å². The molecule has 2 saturated heterocycles. The number of aliphatic hydroxyl groups is 1. The van der Waals surface area contributed by atoms with Crippen LogP contribution >= 0.6 is 11.3 Å². The molecular weight excluding hydrogens is 398 g/mol. The number of ether oxygens (including phenoxy) is 1. The summed E-state index contributed by atoms with van der Waals surface area (Å²) in [5, 5.41) is 11.0. The monoisotopic (exact) mass is 431 g/mol. The van der Waals surface area contributed by atoms with Crippen LogP contribution < -0.4 is 4.90 Å². The summed E-state index contributed by atoms with van der Waals surface area (Å²) in [7, 11) is 0. The van der Waals surface area contributed by atoms with Gasteiger partial charge < -0.3 is 19.6 Å². The van der Waals surface area contributed by atoms with E-state index in [9.17, 15) is 9.90 Å². The molecule has 4 rings (SSSR count). The molecular formula is C23H33N3O3S. The van der Waals surface area contributed by atoms with Crippen molar-refractivity contribution in [1.29, 1.82) is 0 Å². The third-order valence-corrected chi connectivity index (χ3v) is 6.28. The molecule has 0 bridgehead atoms. The van der Waals surface area contributed by atoms with Gasteiger partial charge in [0.2, 0.25) is 0 Å². The highest BCUT2D eigenvalue weighted by Gasteiger charge is 2.36. The number of cyclic esters (lactones) is 1. The summed E-state index contributed by atoms with van der Waals surface area (Å²) < 4.78 is 5.57. The zero-order valence-electron chi connectivity index (χ0n) is 18.2. The predicted octanol–water partition coefficient (Wildman–Crippen LogP) is 4.48. The van der Waals surface area contributed by atoms with Crippen LogP contribution in [0.25, 0.3) is 0 Å². The quantitative estimate of drug-likeness (QED) is 0.773. The van der Waals surface area contributed by atoms with Gasteiger partial charge in [-0.25, -0.2) is 9.78 Å². The van der Waals surface area contributed by atoms with E-state index < -0.39 is 5.60 Å². The fraction of sp³-hybridized carbons (Fsp3) is 0.565. The Morgan fingerprint density at radius 1 is 1.17 bits per heavy atom. The van der Waals surface area contributed by atoms with E-state index in [1.807, 2.05) is 47.5 Å². The van der Waals surface area contributed by atoms with Gasteiger partial charge in [0, 0.05) is 43.5 Å². The number of aromatic nitrogens is 1. The Kier molecular flexibility index (Phi) is 7.72. The fourth-order valence-electron chi connectivity index (χ4n) is 3.93. The van der Waals surface area contributed by atoms with Gasteiger partial charge in [-0.1, -0.05) is 36.4 Å². The molecule has 30 heavy (non-hydrogen) atoms. The standard InChI is InChI=1S/C17H27N3O3S.C6H6/c1-12-10-18-15(24-12)19-7-4-5-13(11-19)20-8-6-14(23-16(20)21)9-17(2,3)22;1-2-4-6-5-3-1/h10,13-14,22H,4-9,11H2,1-3H3;1-6H. The number of rotatable bonds is 4. The van der Waals surface area contributed by atoms with Crippen LogP contribution in [0.15, 0.2) is 42.6 Å². The Balaban J connectivity index is 0.000000367. The molecule has 2 aromatic rings. The molecule has 1 aromatic carbocycles. The molecule has 1 amide bonds. The van der Waals surface area contributed by atoms with E-state index in [1.165, 1.54) is 4.88 Å². The molecule has 6 nitrogen and oxygen atoms in total. The van der Waals surface area contributed by atoms with Crippen molar-refractivity contribution in [2.75, 3.05) is 24.5 Å². The van der Waals surface area contributed by atoms with Crippen molar-refractivity contribution in [1.82, 2.24) is 9.88 Å². The van der Waals surface area contributed by atoms with Gasteiger partial charge in [0.15, 0.2) is 5.13 Å². The topological polar surface area (TPSA) is 65.9 Å². The second-order valence-electron chi connectivity index (χ2n) is 8.65. The number of carbonyl (C=O) groups is 1. The van der Waals surface area contributed by atoms with Crippen molar-refractivity contribution in [3.63, 3.8) is 0 Å². The van der Waals surface area contributed by atoms with Gasteiger partial charge >= 0.3 is 6.09 Å². The second kappa shape index (κ2) is 10.3. The summed E-state index contributed by atoms with van der Waals surface area (Å²) in [6.07, 6.45) is 4.81. The van der Waals surface area contributed by atoms with Gasteiger partial charge in [-0.3, -0.25) is 0 Å². The van der Waals surface area contributed by atoms with Crippen molar-refractivity contribution in [3.8, 4) is 0 Å². The molecule has 2 aliphatic rings. The number of carbonyl (C=O) groups excluding carboxylic acids is 1. The first-order valence-corrected chi connectivity index (χ1v) is 11.5. The molecule has 1 N–H and O–H groups in total. The SMILES string of the molecule is Cc1cnc(N2CCCC(N3CCC(CC(C)(C)O)OC3=O)C2)s1.c1ccccc1. The van der Waals surface area contributed by atoms with Crippen LogP contribution in [0.4, 0.5) is 9.93 Å². The summed E-state index contributed by atoms with van der Waals surface area (Å²) >= 11 is 1.70. The van der Waals surface area contributed by atoms with Gasteiger partial charge in [0.05, 0.1) is 11.6 Å². The first-order chi connectivity index (χ1) is 14.3. The van der Waals surface area contributed by atoms with E-state index >= 15 is 0 Å². The number of aryl methyl sites for hydroxylation is 1. The Morgan fingerprint density at radius 3 is 2.37 bits per heavy atom. The number of nitrogens with zero attached hydrogens (tertiary/aromatic N) is 3. The van der Waals surface area contributed by atoms with Crippen molar-refractivity contribution >= 4 is 22.6 Å². The van der Waals surface area contributed by atoms with Crippen LogP contribution in [0.3, 0.4) is 0 Å². The Labute approximate surface area is 183 Å². The molecule has 3 heterocycles. The lowest BCUT2D eigenvalue weighted by Gasteiger charge is -2.42. The Hall–Kier alpha value is -2.12. The number of amides is 1. The summed E-state index contributed by atoms with van der Waals surface area (Å²) in [4.78, 5) is 22.3. The zero-order chi connectivity index (χ0) is 21.6. The summed E-state index contributed by atoms with van der Waals surface area (Å²) in [5.74, 6) is 0. The fourth-order valence-corrected chi connectivity index (χ4v) is 4.73. The highest BCUT2D eigenvalue weighted by atomic mass is 32.1. The summed E-state index contributed by atoms with van der Waals surface area (Å²) in [6.45, 7) is 8.08. The van der Waals surface area contributed by atoms with Crippen molar-refractivity contribution in [3.05, 3.63) is 47.5 Å². The highest BCUT2D eigenvalue weighted by Crippen LogP contribution is 2.29. The number of hydrogen-bond donors (Lipinski definition) is 1. The largest absolute Gasteiger partial charge is 0.446 e. The van der Waals surface area contributed by atoms with Crippen LogP contribution in [0, 0.1) is 6.92 Å². The van der Waals surface area contributed by atoms with Crippen LogP contribution in [0.5, 0.6) is 0 Å². The lowest BCUT2D eigenvalue weighted by atomic mass is 9.97. The minimum Gasteiger partial charge on any atom is -0.446 e. The molecule has 1 aromatic heterocycles. The van der Waals surface area contributed by atoms with Crippen LogP contribution in [-0.4, -0.2) is 58.5 Å². The maximum absolute atomic E-state index is 12.4. The van der Waals surface area contributed by atoms with Crippen LogP contribution in [0.2, 0.25) is 0 Å². The highest BCUT2D eigenvalue weighted by molar-refractivity contribution is 7.15. The van der Waals surface area contributed by atoms with Crippen molar-refractivity contribution < 1.29 is 14.6 Å². The van der Waals surface area contributed by atoms with E-state index in [0.29, 0.717) is 13.0 Å². The molecule has 164 valence electrons. The lowest BCUT2D eigenvalue weighted by Crippen LogP contribution is -2.54. The maximum atomic E-state index is 12.4. The average Bonchev–Trinajstić information content (AvgIpc) is 3.15. The van der Waals surface area contributed by atoms with Crippen molar-refractivity contribution in [2.45, 2.75) is 64.2 Å². The molecule has 0 saturated carbocycles. The lowest BCUT2D eigenvalue weighted by molar-refractivity contribution is -0.0327. The summed E-state index contributed by atoms with van der Waals surface area (Å²) in [5.41, 5.74) is -0.808. The average molecular weight is 432 g/mol. The van der Waals surface area contributed by atoms with Gasteiger partial charge in [-0.05, 0) is 33.6 Å². The summed E-state index contributed by atoms with van der Waals surface area (Å²) in [6, 6.07) is 12.2. The molecule has 2 aliphatic heterocycles. The third kappa shape index (κ3) is 6.71. The van der Waals surface area contributed by atoms with E-state index in [1.54, 1.807) is 25.2 Å².